The molecule has 1 aliphatic heterocycles. The van der Waals surface area contributed by atoms with E-state index in [1.165, 1.54) is 0 Å². The van der Waals surface area contributed by atoms with E-state index in [9.17, 15) is 0 Å². The Morgan fingerprint density at radius 1 is 1.44 bits per heavy atom. The van der Waals surface area contributed by atoms with Gasteiger partial charge in [-0.2, -0.15) is 0 Å². The number of hydrogen-bond acceptors (Lipinski definition) is 4. The number of rotatable bonds is 1. The van der Waals surface area contributed by atoms with E-state index in [2.05, 4.69) is 31.4 Å². The number of morpholine rings is 1. The average molecular weight is 283 g/mol. The Morgan fingerprint density at radius 3 is 3.19 bits per heavy atom. The second-order valence-electron chi connectivity index (χ2n) is 3.72. The smallest absolute Gasteiger partial charge is 0.160 e. The molecule has 16 heavy (non-hydrogen) atoms. The highest BCUT2D eigenvalue weighted by molar-refractivity contribution is 9.10. The van der Waals surface area contributed by atoms with Crippen LogP contribution in [0.4, 0.5) is 0 Å². The molecule has 1 aliphatic rings. The summed E-state index contributed by atoms with van der Waals surface area (Å²) in [6.07, 6.45) is 1.97. The summed E-state index contributed by atoms with van der Waals surface area (Å²) in [4.78, 5) is 0. The summed E-state index contributed by atoms with van der Waals surface area (Å²) >= 11 is 3.45. The third kappa shape index (κ3) is 1.73. The molecule has 1 unspecified atom stereocenters. The number of nitrogens with one attached hydrogen (secondary N) is 1. The van der Waals surface area contributed by atoms with E-state index in [4.69, 9.17) is 4.74 Å². The fourth-order valence-corrected chi connectivity index (χ4v) is 2.19. The van der Waals surface area contributed by atoms with Crippen molar-refractivity contribution in [2.24, 2.45) is 0 Å². The van der Waals surface area contributed by atoms with Crippen LogP contribution < -0.4 is 5.32 Å². The maximum atomic E-state index is 5.43. The predicted molar refractivity (Wildman–Crippen MR) is 62.2 cm³/mol. The molecule has 1 saturated heterocycles. The number of halogens is 1. The number of pyridine rings is 1. The summed E-state index contributed by atoms with van der Waals surface area (Å²) in [5, 5.41) is 11.7. The maximum absolute atomic E-state index is 5.43. The van der Waals surface area contributed by atoms with Gasteiger partial charge in [-0.25, -0.2) is 0 Å². The highest BCUT2D eigenvalue weighted by Gasteiger charge is 2.20. The number of hydrogen-bond donors (Lipinski definition) is 1. The third-order valence-corrected chi connectivity index (χ3v) is 3.10. The monoisotopic (exact) mass is 282 g/mol. The normalized spacial score (nSPS) is 21.4. The van der Waals surface area contributed by atoms with E-state index in [0.717, 1.165) is 29.1 Å². The Kier molecular flexibility index (Phi) is 2.62. The molecule has 3 rings (SSSR count). The van der Waals surface area contributed by atoms with E-state index in [1.807, 2.05) is 22.7 Å². The molecule has 1 N–H and O–H groups in total. The van der Waals surface area contributed by atoms with Crippen LogP contribution in [0.2, 0.25) is 0 Å². The van der Waals surface area contributed by atoms with Gasteiger partial charge in [0, 0.05) is 17.2 Å². The Bertz CT molecular complexity index is 506. The van der Waals surface area contributed by atoms with E-state index in [0.29, 0.717) is 6.61 Å². The van der Waals surface area contributed by atoms with Crippen LogP contribution in [0.5, 0.6) is 0 Å². The van der Waals surface area contributed by atoms with Gasteiger partial charge in [0.1, 0.15) is 0 Å². The SMILES string of the molecule is Brc1ccc2nnc(C3COCCN3)n2c1. The standard InChI is InChI=1S/C10H11BrN4O/c11-7-1-2-9-13-14-10(15(9)5-7)8-6-16-4-3-12-8/h1-2,5,8,12H,3-4,6H2. The lowest BCUT2D eigenvalue weighted by atomic mass is 10.2. The van der Waals surface area contributed by atoms with Crippen molar-refractivity contribution in [2.45, 2.75) is 6.04 Å². The second-order valence-corrected chi connectivity index (χ2v) is 4.63. The molecule has 0 bridgehead atoms. The van der Waals surface area contributed by atoms with Crippen LogP contribution in [0.25, 0.3) is 5.65 Å². The van der Waals surface area contributed by atoms with Crippen LogP contribution in [0, 0.1) is 0 Å². The predicted octanol–water partition coefficient (Wildman–Crippen LogP) is 1.15. The van der Waals surface area contributed by atoms with Crippen molar-refractivity contribution in [3.63, 3.8) is 0 Å². The van der Waals surface area contributed by atoms with E-state index in [1.54, 1.807) is 0 Å². The van der Waals surface area contributed by atoms with E-state index < -0.39 is 0 Å². The fraction of sp³-hybridized carbons (Fsp3) is 0.400. The van der Waals surface area contributed by atoms with Crippen LogP contribution in [0.15, 0.2) is 22.8 Å². The molecule has 0 spiro atoms. The second kappa shape index (κ2) is 4.12. The Hall–Kier alpha value is -0.980. The van der Waals surface area contributed by atoms with Gasteiger partial charge in [-0.15, -0.1) is 10.2 Å². The first kappa shape index (κ1) is 10.2. The highest BCUT2D eigenvalue weighted by atomic mass is 79.9. The lowest BCUT2D eigenvalue weighted by Gasteiger charge is -2.22. The first-order valence-corrected chi connectivity index (χ1v) is 5.95. The zero-order chi connectivity index (χ0) is 11.0. The summed E-state index contributed by atoms with van der Waals surface area (Å²) < 4.78 is 8.42. The molecule has 2 aromatic heterocycles. The van der Waals surface area contributed by atoms with Crippen LogP contribution in [0.3, 0.4) is 0 Å². The minimum Gasteiger partial charge on any atom is -0.378 e. The van der Waals surface area contributed by atoms with E-state index in [-0.39, 0.29) is 6.04 Å². The van der Waals surface area contributed by atoms with Gasteiger partial charge in [-0.1, -0.05) is 0 Å². The molecule has 2 aromatic rings. The lowest BCUT2D eigenvalue weighted by Crippen LogP contribution is -2.35. The molecule has 84 valence electrons. The largest absolute Gasteiger partial charge is 0.378 e. The third-order valence-electron chi connectivity index (χ3n) is 2.63. The number of nitrogens with zero attached hydrogens (tertiary/aromatic N) is 3. The van der Waals surface area contributed by atoms with Crippen LogP contribution in [-0.2, 0) is 4.74 Å². The van der Waals surface area contributed by atoms with Crippen molar-refractivity contribution in [3.8, 4) is 0 Å². The van der Waals surface area contributed by atoms with Gasteiger partial charge in [0.15, 0.2) is 11.5 Å². The van der Waals surface area contributed by atoms with Crippen LogP contribution in [-0.4, -0.2) is 34.4 Å². The lowest BCUT2D eigenvalue weighted by molar-refractivity contribution is 0.0739. The van der Waals surface area contributed by atoms with Crippen molar-refractivity contribution in [2.75, 3.05) is 19.8 Å². The summed E-state index contributed by atoms with van der Waals surface area (Å²) in [5.74, 6) is 0.899. The summed E-state index contributed by atoms with van der Waals surface area (Å²) in [5.41, 5.74) is 0.852. The molecule has 6 heteroatoms. The van der Waals surface area contributed by atoms with Gasteiger partial charge < -0.3 is 10.1 Å². The minimum atomic E-state index is 0.123. The van der Waals surface area contributed by atoms with Crippen molar-refractivity contribution >= 4 is 21.6 Å². The molecule has 0 saturated carbocycles. The maximum Gasteiger partial charge on any atom is 0.160 e. The Morgan fingerprint density at radius 2 is 2.38 bits per heavy atom. The van der Waals surface area contributed by atoms with Crippen LogP contribution >= 0.6 is 15.9 Å². The quantitative estimate of drug-likeness (QED) is 0.853. The van der Waals surface area contributed by atoms with Crippen molar-refractivity contribution in [3.05, 3.63) is 28.6 Å². The van der Waals surface area contributed by atoms with Crippen LogP contribution in [0.1, 0.15) is 11.9 Å². The molecule has 0 aliphatic carbocycles. The van der Waals surface area contributed by atoms with Crippen molar-refractivity contribution in [1.82, 2.24) is 19.9 Å². The zero-order valence-corrected chi connectivity index (χ0v) is 10.1. The molecular formula is C10H11BrN4O. The first-order chi connectivity index (χ1) is 7.84. The minimum absolute atomic E-state index is 0.123. The molecular weight excluding hydrogens is 272 g/mol. The molecule has 0 amide bonds. The fourth-order valence-electron chi connectivity index (χ4n) is 1.85. The number of fused-ring (bicyclic) bond motifs is 1. The average Bonchev–Trinajstić information content (AvgIpc) is 2.73. The van der Waals surface area contributed by atoms with Gasteiger partial charge in [-0.3, -0.25) is 4.40 Å². The van der Waals surface area contributed by atoms with Gasteiger partial charge in [0.2, 0.25) is 0 Å². The van der Waals surface area contributed by atoms with Gasteiger partial charge in [-0.05, 0) is 28.1 Å². The molecule has 1 atom stereocenters. The number of ether oxygens (including phenoxy) is 1. The summed E-state index contributed by atoms with van der Waals surface area (Å²) in [6.45, 7) is 2.26. The van der Waals surface area contributed by atoms with E-state index >= 15 is 0 Å². The Labute approximate surface area is 101 Å². The topological polar surface area (TPSA) is 51.5 Å². The van der Waals surface area contributed by atoms with Gasteiger partial charge in [0.25, 0.3) is 0 Å². The molecule has 0 radical (unpaired) electrons. The van der Waals surface area contributed by atoms with Gasteiger partial charge in [0.05, 0.1) is 19.3 Å². The molecule has 3 heterocycles. The summed E-state index contributed by atoms with van der Waals surface area (Å²) in [7, 11) is 0. The van der Waals surface area contributed by atoms with Crippen molar-refractivity contribution < 1.29 is 4.74 Å². The zero-order valence-electron chi connectivity index (χ0n) is 8.56. The number of aromatic nitrogens is 3. The summed E-state index contributed by atoms with van der Waals surface area (Å²) in [6, 6.07) is 4.01. The van der Waals surface area contributed by atoms with Gasteiger partial charge >= 0.3 is 0 Å². The molecule has 1 fully saturated rings. The highest BCUT2D eigenvalue weighted by Crippen LogP contribution is 2.17. The molecule has 0 aromatic carbocycles. The first-order valence-electron chi connectivity index (χ1n) is 5.16. The molecule has 5 nitrogen and oxygen atoms in total. The van der Waals surface area contributed by atoms with Crippen molar-refractivity contribution in [1.29, 1.82) is 0 Å². The Balaban J connectivity index is 2.05.